The second kappa shape index (κ2) is 8.80. The molecule has 1 atom stereocenters. The predicted molar refractivity (Wildman–Crippen MR) is 174 cm³/mol. The lowest BCUT2D eigenvalue weighted by Gasteiger charge is -2.51. The van der Waals surface area contributed by atoms with Crippen LogP contribution in [0.3, 0.4) is 0 Å². The zero-order valence-electron chi connectivity index (χ0n) is 25.0. The Morgan fingerprint density at radius 3 is 2.24 bits per heavy atom. The second-order valence-electron chi connectivity index (χ2n) is 14.5. The third-order valence-electron chi connectivity index (χ3n) is 9.96. The Labute approximate surface area is 253 Å². The van der Waals surface area contributed by atoms with E-state index in [-0.39, 0.29) is 16.2 Å². The van der Waals surface area contributed by atoms with Crippen molar-refractivity contribution in [3.05, 3.63) is 113 Å². The molecule has 1 fully saturated rings. The number of hydrogen-bond donors (Lipinski definition) is 1. The molecule has 0 saturated heterocycles. The maximum Gasteiger partial charge on any atom is 0.210 e. The average molecular weight is 571 g/mol. The lowest BCUT2D eigenvalue weighted by atomic mass is 9.52. The molecule has 8 rings (SSSR count). The summed E-state index contributed by atoms with van der Waals surface area (Å²) in [6.07, 6.45) is 12.2. The summed E-state index contributed by atoms with van der Waals surface area (Å²) in [5, 5.41) is 13.7. The standard InChI is InChI=1S/C39H38O2S/c1-36(2)22-37(3,4)24-38(23-36)30-18-12-11-17-27(30)35-29-19-33-34(20-28(29)32(40)21-31(35)38)42-39(41-33,25-13-7-5-8-14-25)26-15-9-6-10-16-26/h5,7-9,11-21,40H,6,10,22-24H2,1-4H3. The van der Waals surface area contributed by atoms with E-state index in [9.17, 15) is 5.11 Å². The van der Waals surface area contributed by atoms with Crippen molar-refractivity contribution in [3.63, 3.8) is 0 Å². The van der Waals surface area contributed by atoms with Crippen molar-refractivity contribution in [2.75, 3.05) is 0 Å². The molecule has 1 spiro atoms. The molecule has 42 heavy (non-hydrogen) atoms. The number of hydrogen-bond acceptors (Lipinski definition) is 3. The molecule has 0 aromatic heterocycles. The molecule has 212 valence electrons. The van der Waals surface area contributed by atoms with Gasteiger partial charge in [-0.1, -0.05) is 112 Å². The first kappa shape index (κ1) is 26.2. The van der Waals surface area contributed by atoms with Gasteiger partial charge in [-0.2, -0.15) is 0 Å². The van der Waals surface area contributed by atoms with Gasteiger partial charge in [-0.05, 0) is 88.8 Å². The molecule has 1 N–H and O–H groups in total. The molecular formula is C39H38O2S. The van der Waals surface area contributed by atoms with E-state index in [2.05, 4.69) is 119 Å². The van der Waals surface area contributed by atoms with Crippen molar-refractivity contribution in [1.29, 1.82) is 0 Å². The summed E-state index contributed by atoms with van der Waals surface area (Å²) >= 11 is 1.75. The third kappa shape index (κ3) is 3.72. The number of phenols is 1. The highest BCUT2D eigenvalue weighted by molar-refractivity contribution is 8.00. The van der Waals surface area contributed by atoms with Gasteiger partial charge in [0.2, 0.25) is 4.93 Å². The van der Waals surface area contributed by atoms with E-state index in [0.29, 0.717) is 5.75 Å². The molecule has 4 aromatic carbocycles. The molecule has 0 bridgehead atoms. The van der Waals surface area contributed by atoms with E-state index < -0.39 is 4.93 Å². The minimum atomic E-state index is -0.646. The first-order valence-corrected chi connectivity index (χ1v) is 16.2. The highest BCUT2D eigenvalue weighted by Crippen LogP contribution is 2.66. The highest BCUT2D eigenvalue weighted by atomic mass is 32.2. The molecule has 0 amide bonds. The second-order valence-corrected chi connectivity index (χ2v) is 15.7. The van der Waals surface area contributed by atoms with E-state index in [4.69, 9.17) is 4.74 Å². The van der Waals surface area contributed by atoms with E-state index >= 15 is 0 Å². The molecule has 4 aliphatic rings. The van der Waals surface area contributed by atoms with Gasteiger partial charge in [-0.25, -0.2) is 0 Å². The maximum atomic E-state index is 11.7. The van der Waals surface area contributed by atoms with Crippen LogP contribution in [0.4, 0.5) is 0 Å². The smallest absolute Gasteiger partial charge is 0.210 e. The van der Waals surface area contributed by atoms with Crippen molar-refractivity contribution in [2.45, 2.75) is 75.0 Å². The lowest BCUT2D eigenvalue weighted by molar-refractivity contribution is 0.0645. The summed E-state index contributed by atoms with van der Waals surface area (Å²) in [7, 11) is 0. The van der Waals surface area contributed by atoms with Crippen molar-refractivity contribution in [1.82, 2.24) is 0 Å². The van der Waals surface area contributed by atoms with Crippen LogP contribution in [0.2, 0.25) is 0 Å². The summed E-state index contributed by atoms with van der Waals surface area (Å²) < 4.78 is 7.08. The Bertz CT molecular complexity index is 1810. The molecule has 2 nitrogen and oxygen atoms in total. The van der Waals surface area contributed by atoms with Gasteiger partial charge in [0, 0.05) is 21.9 Å². The molecule has 1 heterocycles. The van der Waals surface area contributed by atoms with Crippen molar-refractivity contribution in [2.24, 2.45) is 10.8 Å². The Hall–Kier alpha value is -3.43. The molecule has 3 aliphatic carbocycles. The highest BCUT2D eigenvalue weighted by Gasteiger charge is 2.54. The number of fused-ring (bicyclic) bond motifs is 8. The van der Waals surface area contributed by atoms with Crippen molar-refractivity contribution in [3.8, 4) is 22.6 Å². The first-order chi connectivity index (χ1) is 20.1. The molecule has 0 radical (unpaired) electrons. The van der Waals surface area contributed by atoms with Crippen LogP contribution in [0.1, 0.15) is 76.5 Å². The number of rotatable bonds is 2. The van der Waals surface area contributed by atoms with Crippen LogP contribution < -0.4 is 4.74 Å². The Morgan fingerprint density at radius 1 is 0.762 bits per heavy atom. The lowest BCUT2D eigenvalue weighted by Crippen LogP contribution is -2.43. The topological polar surface area (TPSA) is 29.5 Å². The van der Waals surface area contributed by atoms with Gasteiger partial charge >= 0.3 is 0 Å². The number of ether oxygens (including phenoxy) is 1. The fraction of sp³-hybridized carbons (Fsp3) is 0.333. The fourth-order valence-electron chi connectivity index (χ4n) is 9.25. The van der Waals surface area contributed by atoms with Crippen molar-refractivity contribution >= 4 is 22.5 Å². The quantitative estimate of drug-likeness (QED) is 0.260. The molecular weight excluding hydrogens is 532 g/mol. The van der Waals surface area contributed by atoms with Gasteiger partial charge in [0.15, 0.2) is 0 Å². The fourth-order valence-corrected chi connectivity index (χ4v) is 10.6. The van der Waals surface area contributed by atoms with Gasteiger partial charge in [-0.3, -0.25) is 0 Å². The van der Waals surface area contributed by atoms with E-state index in [1.165, 1.54) is 34.2 Å². The van der Waals surface area contributed by atoms with E-state index in [1.54, 1.807) is 11.8 Å². The van der Waals surface area contributed by atoms with Crippen LogP contribution in [-0.4, -0.2) is 5.11 Å². The number of aromatic hydroxyl groups is 1. The van der Waals surface area contributed by atoms with Gasteiger partial charge in [0.05, 0.1) is 4.90 Å². The Kier molecular flexibility index (Phi) is 5.49. The average Bonchev–Trinajstić information content (AvgIpc) is 3.46. The molecule has 1 saturated carbocycles. The molecule has 4 aromatic rings. The summed E-state index contributed by atoms with van der Waals surface area (Å²) in [5.74, 6) is 1.27. The predicted octanol–water partition coefficient (Wildman–Crippen LogP) is 10.7. The SMILES string of the molecule is CC1(C)CC(C)(C)CC2(C1)c1ccccc1-c1c2cc(O)c2cc3c(cc12)OC(C1=CCCC=C1)(c1ccccc1)S3. The normalized spacial score (nSPS) is 24.1. The van der Waals surface area contributed by atoms with Crippen LogP contribution in [-0.2, 0) is 10.3 Å². The largest absolute Gasteiger partial charge is 0.507 e. The van der Waals surface area contributed by atoms with Crippen molar-refractivity contribution < 1.29 is 9.84 Å². The van der Waals surface area contributed by atoms with Gasteiger partial charge in [0.25, 0.3) is 0 Å². The van der Waals surface area contributed by atoms with E-state index in [0.717, 1.165) is 52.7 Å². The maximum absolute atomic E-state index is 11.7. The van der Waals surface area contributed by atoms with Gasteiger partial charge in [0.1, 0.15) is 11.5 Å². The summed E-state index contributed by atoms with van der Waals surface area (Å²) in [6, 6.07) is 26.1. The zero-order valence-corrected chi connectivity index (χ0v) is 25.8. The number of thioether (sulfide) groups is 1. The van der Waals surface area contributed by atoms with Gasteiger partial charge < -0.3 is 9.84 Å². The molecule has 3 heteroatoms. The molecule has 1 unspecified atom stereocenters. The molecule has 1 aliphatic heterocycles. The van der Waals surface area contributed by atoms with Crippen LogP contribution in [0.25, 0.3) is 21.9 Å². The number of allylic oxidation sites excluding steroid dienone is 2. The summed E-state index contributed by atoms with van der Waals surface area (Å²) in [5.41, 5.74) is 7.87. The minimum Gasteiger partial charge on any atom is -0.507 e. The number of phenolic OH excluding ortho intramolecular Hbond substituents is 1. The van der Waals surface area contributed by atoms with Crippen LogP contribution in [0, 0.1) is 10.8 Å². The van der Waals surface area contributed by atoms with Crippen LogP contribution in [0.15, 0.2) is 101 Å². The first-order valence-electron chi connectivity index (χ1n) is 15.4. The summed E-state index contributed by atoms with van der Waals surface area (Å²) in [6.45, 7) is 9.69. The number of benzene rings is 4. The Balaban J connectivity index is 1.36. The van der Waals surface area contributed by atoms with Crippen LogP contribution >= 0.6 is 11.8 Å². The van der Waals surface area contributed by atoms with Gasteiger partial charge in [-0.15, -0.1) is 0 Å². The van der Waals surface area contributed by atoms with E-state index in [1.807, 2.05) is 0 Å². The summed E-state index contributed by atoms with van der Waals surface area (Å²) in [4.78, 5) is 0.426. The minimum absolute atomic E-state index is 0.122. The zero-order chi connectivity index (χ0) is 28.9. The van der Waals surface area contributed by atoms with Crippen LogP contribution in [0.5, 0.6) is 11.5 Å². The Morgan fingerprint density at radius 2 is 1.50 bits per heavy atom. The third-order valence-corrected chi connectivity index (χ3v) is 11.3. The monoisotopic (exact) mass is 570 g/mol.